The van der Waals surface area contributed by atoms with Crippen molar-refractivity contribution < 1.29 is 4.39 Å². The van der Waals surface area contributed by atoms with Crippen molar-refractivity contribution in [3.63, 3.8) is 0 Å². The zero-order valence-electron chi connectivity index (χ0n) is 11.3. The second kappa shape index (κ2) is 5.83. The smallest absolute Gasteiger partial charge is 0.101 e. The summed E-state index contributed by atoms with van der Waals surface area (Å²) in [7, 11) is 0. The van der Waals surface area contributed by atoms with E-state index in [0.717, 1.165) is 5.56 Å². The first-order valence-electron chi connectivity index (χ1n) is 7.10. The lowest BCUT2D eigenvalue weighted by atomic mass is 9.69. The van der Waals surface area contributed by atoms with Crippen LogP contribution in [-0.4, -0.2) is 12.7 Å². The molecule has 0 saturated heterocycles. The maximum Gasteiger partial charge on any atom is 0.101 e. The van der Waals surface area contributed by atoms with Gasteiger partial charge in [-0.25, -0.2) is 4.39 Å². The van der Waals surface area contributed by atoms with Gasteiger partial charge in [-0.05, 0) is 30.9 Å². The van der Waals surface area contributed by atoms with Gasteiger partial charge in [0.05, 0.1) is 0 Å². The first-order chi connectivity index (χ1) is 8.66. The van der Waals surface area contributed by atoms with Crippen molar-refractivity contribution in [1.82, 2.24) is 0 Å². The van der Waals surface area contributed by atoms with Gasteiger partial charge in [-0.15, -0.1) is 0 Å². The quantitative estimate of drug-likeness (QED) is 0.864. The van der Waals surface area contributed by atoms with E-state index in [1.54, 1.807) is 6.92 Å². The van der Waals surface area contributed by atoms with E-state index < -0.39 is 6.17 Å². The molecule has 0 radical (unpaired) electrons. The molecule has 2 N–H and O–H groups in total. The van der Waals surface area contributed by atoms with E-state index in [4.69, 9.17) is 5.73 Å². The Morgan fingerprint density at radius 2 is 2.00 bits per heavy atom. The minimum absolute atomic E-state index is 0.147. The number of nitrogens with two attached hydrogens (primary N) is 1. The molecule has 0 amide bonds. The van der Waals surface area contributed by atoms with Crippen LogP contribution in [-0.2, 0) is 11.8 Å². The van der Waals surface area contributed by atoms with Gasteiger partial charge in [0.15, 0.2) is 0 Å². The normalized spacial score (nSPS) is 20.6. The average molecular weight is 249 g/mol. The van der Waals surface area contributed by atoms with Gasteiger partial charge in [0.1, 0.15) is 6.17 Å². The predicted molar refractivity (Wildman–Crippen MR) is 74.5 cm³/mol. The Bertz CT molecular complexity index is 380. The van der Waals surface area contributed by atoms with Crippen LogP contribution in [0.25, 0.3) is 0 Å². The molecule has 0 aromatic heterocycles. The van der Waals surface area contributed by atoms with Crippen molar-refractivity contribution in [2.75, 3.05) is 6.54 Å². The predicted octanol–water partition coefficient (Wildman–Crippen LogP) is 3.75. The Labute approximate surface area is 110 Å². The largest absolute Gasteiger partial charge is 0.330 e. The zero-order chi connectivity index (χ0) is 13.0. The molecule has 0 aliphatic heterocycles. The summed E-state index contributed by atoms with van der Waals surface area (Å²) in [5, 5.41) is 0. The van der Waals surface area contributed by atoms with Gasteiger partial charge in [0.2, 0.25) is 0 Å². The van der Waals surface area contributed by atoms with Crippen LogP contribution < -0.4 is 5.73 Å². The van der Waals surface area contributed by atoms with E-state index in [0.29, 0.717) is 13.0 Å². The van der Waals surface area contributed by atoms with Crippen LogP contribution in [0.3, 0.4) is 0 Å². The lowest BCUT2D eigenvalue weighted by molar-refractivity contribution is 0.300. The van der Waals surface area contributed by atoms with E-state index in [1.165, 1.54) is 37.7 Å². The Balaban J connectivity index is 2.25. The summed E-state index contributed by atoms with van der Waals surface area (Å²) in [5.74, 6) is 0. The number of halogens is 1. The third-order valence-corrected chi connectivity index (χ3v) is 4.26. The van der Waals surface area contributed by atoms with Crippen LogP contribution in [0.5, 0.6) is 0 Å². The number of hydrogen-bond acceptors (Lipinski definition) is 1. The average Bonchev–Trinajstić information content (AvgIpc) is 2.39. The number of hydrogen-bond donors (Lipinski definition) is 1. The Morgan fingerprint density at radius 3 is 2.61 bits per heavy atom. The molecule has 1 aliphatic rings. The molecule has 2 rings (SSSR count). The first kappa shape index (κ1) is 13.5. The molecular formula is C16H24FN. The van der Waals surface area contributed by atoms with Crippen molar-refractivity contribution in [3.05, 3.63) is 35.4 Å². The molecule has 1 aliphatic carbocycles. The molecule has 2 heteroatoms. The molecule has 100 valence electrons. The summed E-state index contributed by atoms with van der Waals surface area (Å²) in [4.78, 5) is 0. The molecule has 1 unspecified atom stereocenters. The molecule has 1 aromatic carbocycles. The summed E-state index contributed by atoms with van der Waals surface area (Å²) >= 11 is 0. The number of benzene rings is 1. The topological polar surface area (TPSA) is 26.0 Å². The van der Waals surface area contributed by atoms with E-state index >= 15 is 0 Å². The van der Waals surface area contributed by atoms with Crippen LogP contribution >= 0.6 is 0 Å². The molecule has 18 heavy (non-hydrogen) atoms. The van der Waals surface area contributed by atoms with Crippen LogP contribution in [0.15, 0.2) is 24.3 Å². The maximum atomic E-state index is 13.1. The molecular weight excluding hydrogens is 225 g/mol. The van der Waals surface area contributed by atoms with Crippen LogP contribution in [0.1, 0.15) is 50.2 Å². The lowest BCUT2D eigenvalue weighted by Crippen LogP contribution is -2.37. The van der Waals surface area contributed by atoms with E-state index in [1.807, 2.05) is 6.07 Å². The second-order valence-electron chi connectivity index (χ2n) is 5.73. The van der Waals surface area contributed by atoms with Gasteiger partial charge in [0.25, 0.3) is 0 Å². The van der Waals surface area contributed by atoms with Crippen molar-refractivity contribution in [1.29, 1.82) is 0 Å². The molecule has 1 nitrogen and oxygen atoms in total. The van der Waals surface area contributed by atoms with Crippen molar-refractivity contribution in [2.45, 2.75) is 57.0 Å². The lowest BCUT2D eigenvalue weighted by Gasteiger charge is -2.37. The fourth-order valence-corrected chi connectivity index (χ4v) is 3.19. The van der Waals surface area contributed by atoms with E-state index in [9.17, 15) is 4.39 Å². The van der Waals surface area contributed by atoms with Crippen molar-refractivity contribution >= 4 is 0 Å². The summed E-state index contributed by atoms with van der Waals surface area (Å²) in [6.45, 7) is 2.33. The van der Waals surface area contributed by atoms with Crippen LogP contribution in [0, 0.1) is 0 Å². The number of alkyl halides is 1. The highest BCUT2D eigenvalue weighted by Crippen LogP contribution is 2.38. The summed E-state index contributed by atoms with van der Waals surface area (Å²) in [5.41, 5.74) is 8.61. The summed E-state index contributed by atoms with van der Waals surface area (Å²) < 4.78 is 13.1. The Hall–Kier alpha value is -0.890. The fourth-order valence-electron chi connectivity index (χ4n) is 3.19. The van der Waals surface area contributed by atoms with Crippen molar-refractivity contribution in [2.24, 2.45) is 5.73 Å². The van der Waals surface area contributed by atoms with Gasteiger partial charge < -0.3 is 5.73 Å². The van der Waals surface area contributed by atoms with Crippen LogP contribution in [0.4, 0.5) is 4.39 Å². The summed E-state index contributed by atoms with van der Waals surface area (Å²) in [6.07, 6.45) is 5.94. The second-order valence-corrected chi connectivity index (χ2v) is 5.73. The van der Waals surface area contributed by atoms with Crippen LogP contribution in [0.2, 0.25) is 0 Å². The molecule has 1 saturated carbocycles. The van der Waals surface area contributed by atoms with Gasteiger partial charge in [-0.1, -0.05) is 43.5 Å². The maximum absolute atomic E-state index is 13.1. The SMILES string of the molecule is CC(F)Cc1cccc(C2(CN)CCCCC2)c1. The van der Waals surface area contributed by atoms with Gasteiger partial charge in [0, 0.05) is 18.4 Å². The van der Waals surface area contributed by atoms with E-state index in [2.05, 4.69) is 18.2 Å². The zero-order valence-corrected chi connectivity index (χ0v) is 11.3. The van der Waals surface area contributed by atoms with Gasteiger partial charge in [-0.3, -0.25) is 0 Å². The third kappa shape index (κ3) is 2.92. The highest BCUT2D eigenvalue weighted by atomic mass is 19.1. The molecule has 0 bridgehead atoms. The molecule has 0 spiro atoms. The molecule has 1 fully saturated rings. The fraction of sp³-hybridized carbons (Fsp3) is 0.625. The molecule has 0 heterocycles. The first-order valence-corrected chi connectivity index (χ1v) is 7.10. The van der Waals surface area contributed by atoms with Gasteiger partial charge >= 0.3 is 0 Å². The minimum atomic E-state index is -0.777. The van der Waals surface area contributed by atoms with Crippen molar-refractivity contribution in [3.8, 4) is 0 Å². The number of rotatable bonds is 4. The highest BCUT2D eigenvalue weighted by molar-refractivity contribution is 5.31. The van der Waals surface area contributed by atoms with Gasteiger partial charge in [-0.2, -0.15) is 0 Å². The third-order valence-electron chi connectivity index (χ3n) is 4.26. The Kier molecular flexibility index (Phi) is 4.39. The monoisotopic (exact) mass is 249 g/mol. The standard InChI is InChI=1S/C16H24FN/c1-13(17)10-14-6-5-7-15(11-14)16(12-18)8-3-2-4-9-16/h5-7,11,13H,2-4,8-10,12,18H2,1H3. The molecule has 1 aromatic rings. The van der Waals surface area contributed by atoms with E-state index in [-0.39, 0.29) is 5.41 Å². The minimum Gasteiger partial charge on any atom is -0.330 e. The Morgan fingerprint density at radius 1 is 1.28 bits per heavy atom. The molecule has 1 atom stereocenters. The summed E-state index contributed by atoms with van der Waals surface area (Å²) in [6, 6.07) is 8.42. The highest BCUT2D eigenvalue weighted by Gasteiger charge is 2.32.